The predicted octanol–water partition coefficient (Wildman–Crippen LogP) is 3.63. The second-order valence-electron chi connectivity index (χ2n) is 4.38. The van der Waals surface area contributed by atoms with Crippen LogP contribution >= 0.6 is 0 Å². The standard InChI is InChI=1S/C16H16O4/c1-4-19-16(18)15-14(12-8-6-5-7-9-12)13(10(2)17)11(3)20-15/h5-9H,4H2,1-3H3. The van der Waals surface area contributed by atoms with Crippen LogP contribution in [0.5, 0.6) is 0 Å². The van der Waals surface area contributed by atoms with Crippen molar-refractivity contribution in [2.75, 3.05) is 6.61 Å². The monoisotopic (exact) mass is 272 g/mol. The number of hydrogen-bond acceptors (Lipinski definition) is 4. The van der Waals surface area contributed by atoms with Crippen molar-refractivity contribution >= 4 is 11.8 Å². The van der Waals surface area contributed by atoms with E-state index in [9.17, 15) is 9.59 Å². The van der Waals surface area contributed by atoms with Gasteiger partial charge in [0.15, 0.2) is 5.78 Å². The molecule has 0 N–H and O–H groups in total. The normalized spacial score (nSPS) is 10.3. The molecule has 1 heterocycles. The fourth-order valence-corrected chi connectivity index (χ4v) is 2.19. The van der Waals surface area contributed by atoms with E-state index >= 15 is 0 Å². The molecule has 4 nitrogen and oxygen atoms in total. The highest BCUT2D eigenvalue weighted by atomic mass is 16.5. The van der Waals surface area contributed by atoms with Gasteiger partial charge in [-0.05, 0) is 26.3 Å². The van der Waals surface area contributed by atoms with E-state index in [0.29, 0.717) is 16.9 Å². The van der Waals surface area contributed by atoms with Gasteiger partial charge in [0.05, 0.1) is 12.2 Å². The maximum absolute atomic E-state index is 12.0. The van der Waals surface area contributed by atoms with E-state index in [1.165, 1.54) is 6.92 Å². The van der Waals surface area contributed by atoms with Gasteiger partial charge in [-0.15, -0.1) is 0 Å². The molecule has 0 saturated heterocycles. The van der Waals surface area contributed by atoms with Gasteiger partial charge in [-0.3, -0.25) is 4.79 Å². The second kappa shape index (κ2) is 5.74. The molecule has 0 fully saturated rings. The van der Waals surface area contributed by atoms with Gasteiger partial charge in [-0.2, -0.15) is 0 Å². The van der Waals surface area contributed by atoms with Crippen LogP contribution in [0.4, 0.5) is 0 Å². The summed E-state index contributed by atoms with van der Waals surface area (Å²) in [5, 5.41) is 0. The van der Waals surface area contributed by atoms with E-state index in [0.717, 1.165) is 5.56 Å². The zero-order valence-electron chi connectivity index (χ0n) is 11.7. The summed E-state index contributed by atoms with van der Waals surface area (Å²) in [6, 6.07) is 9.22. The first-order valence-corrected chi connectivity index (χ1v) is 6.43. The van der Waals surface area contributed by atoms with Gasteiger partial charge >= 0.3 is 5.97 Å². The predicted molar refractivity (Wildman–Crippen MR) is 74.8 cm³/mol. The molecule has 0 bridgehead atoms. The van der Waals surface area contributed by atoms with Crippen LogP contribution in [0.2, 0.25) is 0 Å². The summed E-state index contributed by atoms with van der Waals surface area (Å²) in [7, 11) is 0. The maximum atomic E-state index is 12.0. The van der Waals surface area contributed by atoms with Crippen molar-refractivity contribution in [1.82, 2.24) is 0 Å². The lowest BCUT2D eigenvalue weighted by molar-refractivity contribution is 0.0489. The summed E-state index contributed by atoms with van der Waals surface area (Å²) in [4.78, 5) is 23.8. The molecule has 1 aromatic carbocycles. The van der Waals surface area contributed by atoms with Crippen molar-refractivity contribution in [3.8, 4) is 11.1 Å². The first kappa shape index (κ1) is 14.1. The Labute approximate surface area is 117 Å². The topological polar surface area (TPSA) is 56.5 Å². The third-order valence-corrected chi connectivity index (χ3v) is 2.96. The number of carbonyl (C=O) groups is 2. The summed E-state index contributed by atoms with van der Waals surface area (Å²) in [5.74, 6) is -0.178. The van der Waals surface area contributed by atoms with Crippen LogP contribution < -0.4 is 0 Å². The molecule has 4 heteroatoms. The third kappa shape index (κ3) is 2.50. The van der Waals surface area contributed by atoms with Gasteiger partial charge in [0.25, 0.3) is 0 Å². The number of Topliss-reactive ketones (excluding diaryl/α,β-unsaturated/α-hetero) is 1. The van der Waals surface area contributed by atoms with Crippen LogP contribution in [0.15, 0.2) is 34.7 Å². The maximum Gasteiger partial charge on any atom is 0.374 e. The number of esters is 1. The molecule has 0 unspecified atom stereocenters. The van der Waals surface area contributed by atoms with E-state index in [2.05, 4.69) is 0 Å². The Hall–Kier alpha value is -2.36. The Morgan fingerprint density at radius 1 is 1.20 bits per heavy atom. The van der Waals surface area contributed by atoms with Crippen LogP contribution in [0.3, 0.4) is 0 Å². The van der Waals surface area contributed by atoms with Crippen LogP contribution in [0.25, 0.3) is 11.1 Å². The summed E-state index contributed by atoms with van der Waals surface area (Å²) in [6.07, 6.45) is 0. The Balaban J connectivity index is 2.68. The van der Waals surface area contributed by atoms with Crippen LogP contribution in [0.1, 0.15) is 40.5 Å². The highest BCUT2D eigenvalue weighted by Crippen LogP contribution is 2.33. The zero-order chi connectivity index (χ0) is 14.7. The number of carbonyl (C=O) groups excluding carboxylic acids is 2. The highest BCUT2D eigenvalue weighted by molar-refractivity contribution is 6.07. The Morgan fingerprint density at radius 3 is 2.40 bits per heavy atom. The molecular formula is C16H16O4. The molecule has 0 aliphatic carbocycles. The molecule has 2 aromatic rings. The molecule has 104 valence electrons. The molecule has 1 aromatic heterocycles. The zero-order valence-corrected chi connectivity index (χ0v) is 11.7. The minimum absolute atomic E-state index is 0.0840. The van der Waals surface area contributed by atoms with E-state index < -0.39 is 5.97 Å². The molecule has 0 aliphatic rings. The van der Waals surface area contributed by atoms with Gasteiger partial charge in [-0.1, -0.05) is 30.3 Å². The summed E-state index contributed by atoms with van der Waals surface area (Å²) in [6.45, 7) is 5.11. The number of benzene rings is 1. The largest absolute Gasteiger partial charge is 0.460 e. The van der Waals surface area contributed by atoms with Crippen molar-refractivity contribution < 1.29 is 18.7 Å². The van der Waals surface area contributed by atoms with Crippen molar-refractivity contribution in [3.05, 3.63) is 47.4 Å². The fraction of sp³-hybridized carbons (Fsp3) is 0.250. The van der Waals surface area contributed by atoms with Gasteiger partial charge in [-0.25, -0.2) is 4.79 Å². The molecule has 0 radical (unpaired) electrons. The molecular weight excluding hydrogens is 256 g/mol. The number of rotatable bonds is 4. The SMILES string of the molecule is CCOC(=O)c1oc(C)c(C(C)=O)c1-c1ccccc1. The van der Waals surface area contributed by atoms with Crippen molar-refractivity contribution in [2.24, 2.45) is 0 Å². The fourth-order valence-electron chi connectivity index (χ4n) is 2.19. The first-order chi connectivity index (χ1) is 9.56. The second-order valence-corrected chi connectivity index (χ2v) is 4.38. The third-order valence-electron chi connectivity index (χ3n) is 2.96. The molecule has 0 amide bonds. The molecule has 2 rings (SSSR count). The summed E-state index contributed by atoms with van der Waals surface area (Å²) < 4.78 is 10.5. The van der Waals surface area contributed by atoms with Gasteiger partial charge in [0.1, 0.15) is 5.76 Å². The average Bonchev–Trinajstić information content (AvgIpc) is 2.78. The Kier molecular flexibility index (Phi) is 4.03. The number of ether oxygens (including phenoxy) is 1. The van der Waals surface area contributed by atoms with Crippen LogP contribution in [0, 0.1) is 6.92 Å². The van der Waals surface area contributed by atoms with Crippen molar-refractivity contribution in [2.45, 2.75) is 20.8 Å². The summed E-state index contributed by atoms with van der Waals surface area (Å²) >= 11 is 0. The first-order valence-electron chi connectivity index (χ1n) is 6.43. The number of furan rings is 1. The molecule has 0 saturated carbocycles. The van der Waals surface area contributed by atoms with Gasteiger partial charge < -0.3 is 9.15 Å². The van der Waals surface area contributed by atoms with Crippen molar-refractivity contribution in [1.29, 1.82) is 0 Å². The van der Waals surface area contributed by atoms with Gasteiger partial charge in [0, 0.05) is 5.56 Å². The lowest BCUT2D eigenvalue weighted by Gasteiger charge is -2.04. The van der Waals surface area contributed by atoms with Gasteiger partial charge in [0.2, 0.25) is 5.76 Å². The molecule has 20 heavy (non-hydrogen) atoms. The molecule has 0 aliphatic heterocycles. The minimum Gasteiger partial charge on any atom is -0.460 e. The Bertz CT molecular complexity index is 638. The Morgan fingerprint density at radius 2 is 1.85 bits per heavy atom. The minimum atomic E-state index is -0.554. The molecule has 0 atom stereocenters. The number of aryl methyl sites for hydroxylation is 1. The lowest BCUT2D eigenvalue weighted by Crippen LogP contribution is -2.05. The van der Waals surface area contributed by atoms with E-state index in [-0.39, 0.29) is 18.2 Å². The van der Waals surface area contributed by atoms with E-state index in [1.807, 2.05) is 30.3 Å². The summed E-state index contributed by atoms with van der Waals surface area (Å²) in [5.41, 5.74) is 1.70. The van der Waals surface area contributed by atoms with Crippen molar-refractivity contribution in [3.63, 3.8) is 0 Å². The van der Waals surface area contributed by atoms with Crippen LogP contribution in [-0.2, 0) is 4.74 Å². The highest BCUT2D eigenvalue weighted by Gasteiger charge is 2.27. The van der Waals surface area contributed by atoms with E-state index in [4.69, 9.17) is 9.15 Å². The van der Waals surface area contributed by atoms with Crippen LogP contribution in [-0.4, -0.2) is 18.4 Å². The average molecular weight is 272 g/mol. The number of ketones is 1. The number of hydrogen-bond donors (Lipinski definition) is 0. The van der Waals surface area contributed by atoms with E-state index in [1.54, 1.807) is 13.8 Å². The molecule has 0 spiro atoms. The quantitative estimate of drug-likeness (QED) is 0.630. The lowest BCUT2D eigenvalue weighted by atomic mass is 9.98. The smallest absolute Gasteiger partial charge is 0.374 e.